The van der Waals surface area contributed by atoms with Gasteiger partial charge < -0.3 is 4.74 Å². The Kier molecular flexibility index (Phi) is 5.46. The average molecular weight is 443 g/mol. The van der Waals surface area contributed by atoms with Crippen LogP contribution < -0.4 is 9.62 Å². The number of anilines is 2. The summed E-state index contributed by atoms with van der Waals surface area (Å²) >= 11 is 0. The Hall–Kier alpha value is -3.15. The first kappa shape index (κ1) is 21.6. The monoisotopic (exact) mass is 443 g/mol. The lowest BCUT2D eigenvalue weighted by Crippen LogP contribution is -2.41. The number of pyridine rings is 1. The van der Waals surface area contributed by atoms with Gasteiger partial charge in [-0.25, -0.2) is 18.2 Å². The van der Waals surface area contributed by atoms with Gasteiger partial charge in [-0.05, 0) is 38.1 Å². The van der Waals surface area contributed by atoms with E-state index < -0.39 is 34.4 Å². The van der Waals surface area contributed by atoms with Crippen molar-refractivity contribution in [1.82, 2.24) is 4.98 Å². The van der Waals surface area contributed by atoms with Crippen LogP contribution in [0, 0.1) is 0 Å². The molecule has 1 aromatic carbocycles. The fraction of sp³-hybridized carbons (Fsp3) is 0.278. The van der Waals surface area contributed by atoms with Crippen molar-refractivity contribution in [3.63, 3.8) is 0 Å². The Labute approximate surface area is 169 Å². The number of ketones is 1. The number of benzene rings is 1. The van der Waals surface area contributed by atoms with E-state index in [1.807, 2.05) is 0 Å². The molecule has 30 heavy (non-hydrogen) atoms. The zero-order chi connectivity index (χ0) is 22.3. The topological polar surface area (TPSA) is 106 Å². The Morgan fingerprint density at radius 1 is 1.23 bits per heavy atom. The summed E-state index contributed by atoms with van der Waals surface area (Å²) in [5, 5.41) is 0. The fourth-order valence-corrected chi connectivity index (χ4v) is 4.05. The minimum Gasteiger partial charge on any atom is -0.434 e. The van der Waals surface area contributed by atoms with Crippen molar-refractivity contribution in [2.75, 3.05) is 9.62 Å². The van der Waals surface area contributed by atoms with Crippen molar-refractivity contribution in [2.24, 2.45) is 0 Å². The van der Waals surface area contributed by atoms with Crippen LogP contribution in [-0.4, -0.2) is 43.6 Å². The van der Waals surface area contributed by atoms with Gasteiger partial charge in [-0.3, -0.25) is 14.4 Å². The van der Waals surface area contributed by atoms with Gasteiger partial charge in [0.1, 0.15) is 0 Å². The fourth-order valence-electron chi connectivity index (χ4n) is 2.94. The number of carbonyl (C=O) groups is 2. The molecule has 1 aliphatic rings. The molecule has 0 saturated carbocycles. The van der Waals surface area contributed by atoms with Gasteiger partial charge in [0.05, 0.1) is 16.6 Å². The van der Waals surface area contributed by atoms with Crippen LogP contribution in [-0.2, 0) is 14.8 Å². The van der Waals surface area contributed by atoms with E-state index in [2.05, 4.69) is 14.4 Å². The second kappa shape index (κ2) is 7.59. The number of Topliss-reactive ketones (excluding diaryl/α,β-unsaturated/α-hetero) is 1. The van der Waals surface area contributed by atoms with Gasteiger partial charge in [0.2, 0.25) is 6.10 Å². The second-order valence-electron chi connectivity index (χ2n) is 6.52. The lowest BCUT2D eigenvalue weighted by atomic mass is 10.1. The number of halogens is 3. The maximum absolute atomic E-state index is 13.1. The number of amides is 1. The number of ether oxygens (including phenoxy) is 1. The van der Waals surface area contributed by atoms with E-state index in [1.165, 1.54) is 43.5 Å². The Morgan fingerprint density at radius 3 is 2.53 bits per heavy atom. The minimum atomic E-state index is -4.80. The maximum Gasteiger partial charge on any atom is 0.427 e. The zero-order valence-electron chi connectivity index (χ0n) is 15.7. The summed E-state index contributed by atoms with van der Waals surface area (Å²) in [5.41, 5.74) is -0.0635. The number of hydrogen-bond donors (Lipinski definition) is 1. The normalized spacial score (nSPS) is 19.5. The van der Waals surface area contributed by atoms with Crippen molar-refractivity contribution < 1.29 is 35.9 Å². The first-order valence-electron chi connectivity index (χ1n) is 8.57. The van der Waals surface area contributed by atoms with E-state index >= 15 is 0 Å². The van der Waals surface area contributed by atoms with Crippen molar-refractivity contribution >= 4 is 33.4 Å². The number of sulfonamides is 1. The summed E-state index contributed by atoms with van der Waals surface area (Å²) in [5.74, 6) is -0.686. The van der Waals surface area contributed by atoms with Crippen molar-refractivity contribution in [3.05, 3.63) is 48.2 Å². The van der Waals surface area contributed by atoms with Gasteiger partial charge in [-0.2, -0.15) is 13.2 Å². The van der Waals surface area contributed by atoms with Gasteiger partial charge in [0.25, 0.3) is 10.0 Å². The second-order valence-corrected chi connectivity index (χ2v) is 8.20. The molecule has 3 rings (SSSR count). The molecule has 160 valence electrons. The molecule has 0 radical (unpaired) electrons. The number of hydrogen-bond acceptors (Lipinski definition) is 6. The van der Waals surface area contributed by atoms with Crippen molar-refractivity contribution in [2.45, 2.75) is 37.1 Å². The molecule has 2 heterocycles. The molecular formula is C18H16F3N3O5S. The molecule has 1 amide bonds. The number of carbonyl (C=O) groups excluding carboxylic acids is 2. The first-order valence-corrected chi connectivity index (χ1v) is 10.1. The third-order valence-corrected chi connectivity index (χ3v) is 5.77. The highest BCUT2D eigenvalue weighted by atomic mass is 32.2. The molecule has 0 unspecified atom stereocenters. The maximum atomic E-state index is 13.1. The van der Waals surface area contributed by atoms with Crippen LogP contribution in [0.5, 0.6) is 0 Å². The van der Waals surface area contributed by atoms with E-state index in [-0.39, 0.29) is 27.7 Å². The Morgan fingerprint density at radius 2 is 1.93 bits per heavy atom. The molecule has 0 aliphatic carbocycles. The smallest absolute Gasteiger partial charge is 0.427 e. The highest BCUT2D eigenvalue weighted by Crippen LogP contribution is 2.37. The molecular weight excluding hydrogens is 427 g/mol. The highest BCUT2D eigenvalue weighted by Gasteiger charge is 2.55. The standard InChI is InChI=1S/C18H16F3N3O5S/c1-10-15(18(19,20)21)29-17(26)24(10)16-14(7-4-8-22-16)23-30(27,28)13-6-3-5-12(9-13)11(2)25/h3-10,15,23H,1-2H3/t10-,15-/m1/s1. The van der Waals surface area contributed by atoms with Crippen molar-refractivity contribution in [1.29, 1.82) is 0 Å². The largest absolute Gasteiger partial charge is 0.434 e. The van der Waals surface area contributed by atoms with Gasteiger partial charge in [-0.1, -0.05) is 12.1 Å². The minimum absolute atomic E-state index is 0.161. The molecule has 2 aromatic rings. The SMILES string of the molecule is CC(=O)c1cccc(S(=O)(=O)Nc2cccnc2N2C(=O)O[C@@H](C(F)(F)F)[C@H]2C)c1. The van der Waals surface area contributed by atoms with E-state index in [1.54, 1.807) is 0 Å². The van der Waals surface area contributed by atoms with Gasteiger partial charge in [0, 0.05) is 11.8 Å². The molecule has 1 aliphatic heterocycles. The van der Waals surface area contributed by atoms with E-state index in [4.69, 9.17) is 0 Å². The van der Waals surface area contributed by atoms with Crippen LogP contribution in [0.15, 0.2) is 47.5 Å². The van der Waals surface area contributed by atoms with E-state index in [0.717, 1.165) is 13.0 Å². The predicted molar refractivity (Wildman–Crippen MR) is 99.8 cm³/mol. The van der Waals surface area contributed by atoms with Crippen LogP contribution in [0.25, 0.3) is 0 Å². The number of alkyl halides is 3. The molecule has 1 N–H and O–H groups in total. The Balaban J connectivity index is 1.98. The molecule has 1 aromatic heterocycles. The van der Waals surface area contributed by atoms with Crippen LogP contribution in [0.4, 0.5) is 29.5 Å². The lowest BCUT2D eigenvalue weighted by Gasteiger charge is -2.23. The predicted octanol–water partition coefficient (Wildman–Crippen LogP) is 3.36. The summed E-state index contributed by atoms with van der Waals surface area (Å²) < 4.78 is 71.5. The third kappa shape index (κ3) is 4.08. The quantitative estimate of drug-likeness (QED) is 0.711. The zero-order valence-corrected chi connectivity index (χ0v) is 16.5. The summed E-state index contributed by atoms with van der Waals surface area (Å²) in [6.45, 7) is 2.39. The summed E-state index contributed by atoms with van der Waals surface area (Å²) in [4.78, 5) is 27.9. The van der Waals surface area contributed by atoms with Crippen LogP contribution in [0.1, 0.15) is 24.2 Å². The molecule has 0 spiro atoms. The Bertz CT molecular complexity index is 1100. The van der Waals surface area contributed by atoms with E-state index in [9.17, 15) is 31.2 Å². The molecule has 12 heteroatoms. The van der Waals surface area contributed by atoms with Crippen LogP contribution in [0.3, 0.4) is 0 Å². The van der Waals surface area contributed by atoms with E-state index in [0.29, 0.717) is 4.90 Å². The molecule has 2 atom stereocenters. The number of nitrogens with one attached hydrogen (secondary N) is 1. The van der Waals surface area contributed by atoms with Gasteiger partial charge in [-0.15, -0.1) is 0 Å². The number of rotatable bonds is 5. The number of cyclic esters (lactones) is 1. The number of aromatic nitrogens is 1. The van der Waals surface area contributed by atoms with Gasteiger partial charge >= 0.3 is 12.3 Å². The average Bonchev–Trinajstić information content (AvgIpc) is 2.96. The lowest BCUT2D eigenvalue weighted by molar-refractivity contribution is -0.198. The first-order chi connectivity index (χ1) is 13.9. The molecule has 0 bridgehead atoms. The van der Waals surface area contributed by atoms with Gasteiger partial charge in [0.15, 0.2) is 11.6 Å². The van der Waals surface area contributed by atoms with Crippen LogP contribution >= 0.6 is 0 Å². The van der Waals surface area contributed by atoms with Crippen molar-refractivity contribution in [3.8, 4) is 0 Å². The summed E-state index contributed by atoms with van der Waals surface area (Å²) in [6, 6.07) is 6.34. The van der Waals surface area contributed by atoms with Crippen LogP contribution in [0.2, 0.25) is 0 Å². The molecule has 1 saturated heterocycles. The number of nitrogens with zero attached hydrogens (tertiary/aromatic N) is 2. The summed E-state index contributed by atoms with van der Waals surface area (Å²) in [6.07, 6.45) is -7.29. The molecule has 8 nitrogen and oxygen atoms in total. The third-order valence-electron chi connectivity index (χ3n) is 4.40. The highest BCUT2D eigenvalue weighted by molar-refractivity contribution is 7.92. The molecule has 1 fully saturated rings. The summed E-state index contributed by atoms with van der Waals surface area (Å²) in [7, 11) is -4.24.